The van der Waals surface area contributed by atoms with Crippen LogP contribution in [0, 0.1) is 5.89 Å². The predicted molar refractivity (Wildman–Crippen MR) is 43.8 cm³/mol. The number of allylic oxidation sites excluding steroid dienone is 4. The number of fused-ring (bicyclic) bond motifs is 1. The molecule has 54 valence electrons. The van der Waals surface area contributed by atoms with Gasteiger partial charge in [-0.1, -0.05) is 23.8 Å². The van der Waals surface area contributed by atoms with Crippen LogP contribution in [-0.4, -0.2) is 0 Å². The summed E-state index contributed by atoms with van der Waals surface area (Å²) in [5, 5.41) is 0. The molecule has 10 heavy (non-hydrogen) atoms. The van der Waals surface area contributed by atoms with Crippen molar-refractivity contribution >= 4 is 0 Å². The van der Waals surface area contributed by atoms with Crippen LogP contribution in [0.5, 0.6) is 0 Å². The zero-order chi connectivity index (χ0) is 14.9. The van der Waals surface area contributed by atoms with E-state index in [0.717, 1.165) is 6.08 Å². The van der Waals surface area contributed by atoms with Crippen LogP contribution in [-0.2, 0) is 0 Å². The van der Waals surface area contributed by atoms with Crippen LogP contribution >= 0.6 is 0 Å². The largest absolute Gasteiger partial charge is 0.0845 e. The third kappa shape index (κ3) is 1.03. The Hall–Kier alpha value is -0.520. The summed E-state index contributed by atoms with van der Waals surface area (Å²) in [6, 6.07) is 0. The lowest BCUT2D eigenvalue weighted by molar-refractivity contribution is 0.582. The lowest BCUT2D eigenvalue weighted by atomic mass is 9.99. The number of rotatable bonds is 0. The molecule has 0 N–H and O–H groups in total. The van der Waals surface area contributed by atoms with E-state index in [4.69, 9.17) is 12.3 Å². The molecule has 0 radical (unpaired) electrons. The van der Waals surface area contributed by atoms with E-state index in [1.807, 2.05) is 0 Å². The Balaban J connectivity index is 2.84. The maximum absolute atomic E-state index is 8.26. The molecule has 0 heterocycles. The normalized spacial score (nSPS) is 72.0. The number of hydrogen-bond acceptors (Lipinski definition) is 0. The van der Waals surface area contributed by atoms with E-state index < -0.39 is 37.0 Å². The fourth-order valence-electron chi connectivity index (χ4n) is 0.949. The first-order chi connectivity index (χ1) is 8.34. The van der Waals surface area contributed by atoms with Gasteiger partial charge in [-0.25, -0.2) is 0 Å². The summed E-state index contributed by atoms with van der Waals surface area (Å²) < 4.78 is 70.9. The highest BCUT2D eigenvalue weighted by Gasteiger charge is 2.19. The molecule has 0 spiro atoms. The monoisotopic (exact) mass is 143 g/mol. The molecule has 1 atom stereocenters. The molecule has 1 unspecified atom stereocenters. The Morgan fingerprint density at radius 3 is 3.60 bits per heavy atom. The maximum atomic E-state index is 8.26. The summed E-state index contributed by atoms with van der Waals surface area (Å²) in [4.78, 5) is 0. The summed E-state index contributed by atoms with van der Waals surface area (Å²) in [7, 11) is 0. The van der Waals surface area contributed by atoms with E-state index in [0.29, 0.717) is 0 Å². The van der Waals surface area contributed by atoms with Crippen molar-refractivity contribution in [3.63, 3.8) is 0 Å². The molecular formula is C10H14. The highest BCUT2D eigenvalue weighted by molar-refractivity contribution is 5.20. The second-order valence-corrected chi connectivity index (χ2v) is 2.14. The van der Waals surface area contributed by atoms with E-state index >= 15 is 0 Å². The van der Waals surface area contributed by atoms with Crippen LogP contribution in [0.3, 0.4) is 0 Å². The summed E-state index contributed by atoms with van der Waals surface area (Å²) in [5.41, 5.74) is -0.478. The van der Waals surface area contributed by atoms with Gasteiger partial charge in [0.2, 0.25) is 0 Å². The molecule has 0 amide bonds. The van der Waals surface area contributed by atoms with Gasteiger partial charge >= 0.3 is 0 Å². The minimum absolute atomic E-state index is 0.262. The van der Waals surface area contributed by atoms with E-state index in [2.05, 4.69) is 0 Å². The van der Waals surface area contributed by atoms with Crippen molar-refractivity contribution in [1.82, 2.24) is 0 Å². The van der Waals surface area contributed by atoms with Gasteiger partial charge in [-0.2, -0.15) is 0 Å². The van der Waals surface area contributed by atoms with Crippen LogP contribution in [0.4, 0.5) is 0 Å². The highest BCUT2D eigenvalue weighted by atomic mass is 14.2. The summed E-state index contributed by atoms with van der Waals surface area (Å²) in [5.74, 6) is -2.60. The molecular weight excluding hydrogens is 120 g/mol. The third-order valence-corrected chi connectivity index (χ3v) is 1.45. The molecule has 2 aliphatic rings. The smallest absolute Gasteiger partial charge is 0.0349 e. The first-order valence-corrected chi connectivity index (χ1v) is 3.22. The topological polar surface area (TPSA) is 0 Å². The molecule has 1 saturated carbocycles. The van der Waals surface area contributed by atoms with E-state index in [1.54, 1.807) is 0 Å². The van der Waals surface area contributed by atoms with E-state index in [9.17, 15) is 0 Å². The Bertz CT molecular complexity index is 473. The fraction of sp³-hybridized carbons (Fsp3) is 0.600. The Morgan fingerprint density at radius 2 is 2.60 bits per heavy atom. The Labute approximate surface area is 75.3 Å². The second kappa shape index (κ2) is 2.61. The Morgan fingerprint density at radius 1 is 1.60 bits per heavy atom. The van der Waals surface area contributed by atoms with Crippen molar-refractivity contribution < 1.29 is 12.3 Å². The summed E-state index contributed by atoms with van der Waals surface area (Å²) in [6.07, 6.45) is -7.45. The first kappa shape index (κ1) is 1.80. The quantitative estimate of drug-likeness (QED) is 0.489. The highest BCUT2D eigenvalue weighted by Crippen LogP contribution is 2.35. The van der Waals surface area contributed by atoms with Crippen molar-refractivity contribution in [2.45, 2.75) is 31.9 Å². The van der Waals surface area contributed by atoms with Gasteiger partial charge in [0.1, 0.15) is 0 Å². The molecule has 0 aromatic rings. The van der Waals surface area contributed by atoms with Crippen LogP contribution in [0.25, 0.3) is 0 Å². The van der Waals surface area contributed by atoms with Crippen LogP contribution < -0.4 is 0 Å². The average Bonchev–Trinajstić information content (AvgIpc) is 2.35. The van der Waals surface area contributed by atoms with Gasteiger partial charge in [0.25, 0.3) is 0 Å². The fourth-order valence-corrected chi connectivity index (χ4v) is 0.949. The standard InChI is InChI=1S/C10H14/c1-2-5-9-7-4-8-10(9)6-3-1/h1-2,5,10H,3-4,6-8H2/i4D2,6D2,7D2,8D2,10D. The van der Waals surface area contributed by atoms with Gasteiger partial charge in [0, 0.05) is 12.3 Å². The molecule has 0 bridgehead atoms. The van der Waals surface area contributed by atoms with Crippen molar-refractivity contribution in [1.29, 1.82) is 0 Å². The molecule has 0 aliphatic heterocycles. The molecule has 2 rings (SSSR count). The minimum Gasteiger partial charge on any atom is -0.0845 e. The zero-order valence-electron chi connectivity index (χ0n) is 14.4. The molecule has 0 aromatic heterocycles. The van der Waals surface area contributed by atoms with Gasteiger partial charge in [-0.15, -0.1) is 0 Å². The minimum atomic E-state index is -2.98. The van der Waals surface area contributed by atoms with Crippen molar-refractivity contribution in [2.24, 2.45) is 5.89 Å². The third-order valence-electron chi connectivity index (χ3n) is 1.45. The van der Waals surface area contributed by atoms with Gasteiger partial charge in [0.15, 0.2) is 0 Å². The average molecular weight is 143 g/mol. The molecule has 2 aliphatic carbocycles. The summed E-state index contributed by atoms with van der Waals surface area (Å²) >= 11 is 0. The predicted octanol–water partition coefficient (Wildman–Crippen LogP) is 3.06. The van der Waals surface area contributed by atoms with Gasteiger partial charge in [-0.3, -0.25) is 0 Å². The van der Waals surface area contributed by atoms with Gasteiger partial charge < -0.3 is 0 Å². The maximum Gasteiger partial charge on any atom is 0.0349 e. The van der Waals surface area contributed by atoms with Gasteiger partial charge in [0.05, 0.1) is 0 Å². The number of hydrogen-bond donors (Lipinski definition) is 0. The van der Waals surface area contributed by atoms with E-state index in [1.165, 1.54) is 12.2 Å². The molecule has 0 heteroatoms. The molecule has 1 fully saturated rings. The zero-order valence-corrected chi connectivity index (χ0v) is 5.44. The molecule has 0 nitrogen and oxygen atoms in total. The van der Waals surface area contributed by atoms with Crippen LogP contribution in [0.1, 0.15) is 44.2 Å². The molecule has 0 aromatic carbocycles. The van der Waals surface area contributed by atoms with Gasteiger partial charge in [-0.05, 0) is 37.8 Å². The van der Waals surface area contributed by atoms with Crippen LogP contribution in [0.2, 0.25) is 0 Å². The lowest BCUT2D eigenvalue weighted by Crippen LogP contribution is -1.93. The SMILES string of the molecule is [2H]C1([2H])CC=CC=C2C([2H])([2H])C([2H])([2H])C([2H])([2H])C21[2H]. The van der Waals surface area contributed by atoms with E-state index in [-0.39, 0.29) is 6.42 Å². The first-order valence-electron chi connectivity index (χ1n) is 7.72. The lowest BCUT2D eigenvalue weighted by Gasteiger charge is -2.06. The molecule has 0 saturated heterocycles. The van der Waals surface area contributed by atoms with Crippen molar-refractivity contribution in [3.8, 4) is 0 Å². The Kier molecular flexibility index (Phi) is 0.469. The van der Waals surface area contributed by atoms with Crippen molar-refractivity contribution in [2.75, 3.05) is 0 Å². The van der Waals surface area contributed by atoms with Crippen LogP contribution in [0.15, 0.2) is 23.8 Å². The second-order valence-electron chi connectivity index (χ2n) is 2.14. The summed E-state index contributed by atoms with van der Waals surface area (Å²) in [6.45, 7) is 0. The van der Waals surface area contributed by atoms with Crippen molar-refractivity contribution in [3.05, 3.63) is 23.8 Å².